The van der Waals surface area contributed by atoms with E-state index in [1.165, 1.54) is 0 Å². The highest BCUT2D eigenvalue weighted by Crippen LogP contribution is 2.32. The first-order chi connectivity index (χ1) is 8.49. The average Bonchev–Trinajstić information content (AvgIpc) is 2.34. The number of alkyl halides is 1. The predicted molar refractivity (Wildman–Crippen MR) is 73.8 cm³/mol. The number of hydrogen-bond donors (Lipinski definition) is 0. The van der Waals surface area contributed by atoms with Crippen LogP contribution in [-0.4, -0.2) is 16.9 Å². The lowest BCUT2D eigenvalue weighted by atomic mass is 10.1. The molecule has 0 heterocycles. The molecule has 4 nitrogen and oxygen atoms in total. The lowest BCUT2D eigenvalue weighted by Gasteiger charge is -2.13. The minimum Gasteiger partial charge on any atom is -0.486 e. The maximum absolute atomic E-state index is 13.4. The van der Waals surface area contributed by atoms with E-state index in [-0.39, 0.29) is 21.8 Å². The van der Waals surface area contributed by atoms with E-state index >= 15 is 0 Å². The third-order valence-electron chi connectivity index (χ3n) is 2.47. The zero-order valence-electron chi connectivity index (χ0n) is 9.66. The van der Waals surface area contributed by atoms with Gasteiger partial charge >= 0.3 is 5.69 Å². The molecule has 1 rings (SSSR count). The van der Waals surface area contributed by atoms with Gasteiger partial charge in [0.25, 0.3) is 0 Å². The Kier molecular flexibility index (Phi) is 6.01. The van der Waals surface area contributed by atoms with Gasteiger partial charge in [-0.05, 0) is 22.4 Å². The van der Waals surface area contributed by atoms with Gasteiger partial charge in [0, 0.05) is 23.4 Å². The monoisotopic (exact) mass is 383 g/mol. The van der Waals surface area contributed by atoms with Crippen LogP contribution in [0.4, 0.5) is 10.1 Å². The molecule has 0 saturated carbocycles. The summed E-state index contributed by atoms with van der Waals surface area (Å²) in [5, 5.41) is 11.6. The zero-order chi connectivity index (χ0) is 13.7. The van der Waals surface area contributed by atoms with Crippen molar-refractivity contribution in [1.29, 1.82) is 0 Å². The molecule has 100 valence electrons. The van der Waals surface area contributed by atoms with Crippen molar-refractivity contribution in [2.45, 2.75) is 13.3 Å². The van der Waals surface area contributed by atoms with Gasteiger partial charge in [-0.3, -0.25) is 10.1 Å². The fourth-order valence-corrected chi connectivity index (χ4v) is 2.23. The van der Waals surface area contributed by atoms with Crippen LogP contribution < -0.4 is 4.74 Å². The number of hydrogen-bond acceptors (Lipinski definition) is 3. The van der Waals surface area contributed by atoms with Gasteiger partial charge < -0.3 is 4.74 Å². The first kappa shape index (κ1) is 15.4. The summed E-state index contributed by atoms with van der Waals surface area (Å²) in [6.45, 7) is 2.30. The number of nitro benzene ring substituents is 1. The predicted octanol–water partition coefficient (Wildman–Crippen LogP) is 4.30. The molecule has 1 aromatic rings. The molecule has 0 aliphatic carbocycles. The van der Waals surface area contributed by atoms with E-state index in [1.54, 1.807) is 0 Å². The third kappa shape index (κ3) is 3.91. The first-order valence-corrected chi connectivity index (χ1v) is 7.23. The van der Waals surface area contributed by atoms with E-state index in [0.717, 1.165) is 23.9 Å². The minimum absolute atomic E-state index is 0.0416. The summed E-state index contributed by atoms with van der Waals surface area (Å²) in [4.78, 5) is 10.3. The van der Waals surface area contributed by atoms with Crippen molar-refractivity contribution in [2.24, 2.45) is 5.92 Å². The third-order valence-corrected chi connectivity index (χ3v) is 3.99. The smallest absolute Gasteiger partial charge is 0.312 e. The molecule has 0 saturated heterocycles. The van der Waals surface area contributed by atoms with E-state index in [9.17, 15) is 14.5 Å². The first-order valence-electron chi connectivity index (χ1n) is 5.31. The Hall–Kier alpha value is -0.690. The standard InChI is InChI=1S/C11H12Br2FNO3/c1-2-7(5-12)6-18-11-4-9(14)8(13)3-10(11)15(16)17/h3-4,7H,2,5-6H2,1H3. The van der Waals surface area contributed by atoms with E-state index in [4.69, 9.17) is 4.74 Å². The van der Waals surface area contributed by atoms with Crippen molar-refractivity contribution < 1.29 is 14.1 Å². The van der Waals surface area contributed by atoms with Gasteiger partial charge in [-0.2, -0.15) is 0 Å². The van der Waals surface area contributed by atoms with Crippen molar-refractivity contribution in [2.75, 3.05) is 11.9 Å². The largest absolute Gasteiger partial charge is 0.486 e. The molecule has 0 aromatic heterocycles. The molecule has 0 aliphatic rings. The Balaban J connectivity index is 2.93. The highest BCUT2D eigenvalue weighted by Gasteiger charge is 2.19. The van der Waals surface area contributed by atoms with Crippen molar-refractivity contribution in [3.8, 4) is 5.75 Å². The highest BCUT2D eigenvalue weighted by molar-refractivity contribution is 9.10. The van der Waals surface area contributed by atoms with Crippen LogP contribution >= 0.6 is 31.9 Å². The van der Waals surface area contributed by atoms with Crippen molar-refractivity contribution in [3.05, 3.63) is 32.5 Å². The van der Waals surface area contributed by atoms with Gasteiger partial charge in [-0.1, -0.05) is 22.9 Å². The Morgan fingerprint density at radius 1 is 1.56 bits per heavy atom. The van der Waals surface area contributed by atoms with E-state index in [1.807, 2.05) is 6.92 Å². The molecule has 0 spiro atoms. The number of ether oxygens (including phenoxy) is 1. The van der Waals surface area contributed by atoms with Crippen molar-refractivity contribution in [3.63, 3.8) is 0 Å². The summed E-state index contributed by atoms with van der Waals surface area (Å²) >= 11 is 6.24. The van der Waals surface area contributed by atoms with Gasteiger partial charge in [0.15, 0.2) is 5.75 Å². The Bertz CT molecular complexity index is 439. The van der Waals surface area contributed by atoms with Crippen LogP contribution in [0.25, 0.3) is 0 Å². The minimum atomic E-state index is -0.589. The molecule has 1 unspecified atom stereocenters. The molecule has 7 heteroatoms. The molecule has 1 atom stereocenters. The number of halogens is 3. The molecule has 0 radical (unpaired) electrons. The molecular formula is C11H12Br2FNO3. The molecule has 1 aromatic carbocycles. The van der Waals surface area contributed by atoms with Crippen LogP contribution in [0, 0.1) is 21.8 Å². The topological polar surface area (TPSA) is 52.4 Å². The van der Waals surface area contributed by atoms with Crippen LogP contribution in [0.3, 0.4) is 0 Å². The Labute approximate surface area is 121 Å². The fourth-order valence-electron chi connectivity index (χ4n) is 1.26. The molecular weight excluding hydrogens is 373 g/mol. The van der Waals surface area contributed by atoms with Crippen LogP contribution in [0.2, 0.25) is 0 Å². The summed E-state index contributed by atoms with van der Waals surface area (Å²) in [5.41, 5.74) is -0.243. The molecule has 0 aliphatic heterocycles. The van der Waals surface area contributed by atoms with Crippen LogP contribution in [0.5, 0.6) is 5.75 Å². The number of nitrogens with zero attached hydrogens (tertiary/aromatic N) is 1. The molecule has 0 N–H and O–H groups in total. The molecule has 18 heavy (non-hydrogen) atoms. The number of nitro groups is 1. The van der Waals surface area contributed by atoms with E-state index < -0.39 is 10.7 Å². The quantitative estimate of drug-likeness (QED) is 0.417. The number of rotatable bonds is 6. The fraction of sp³-hybridized carbons (Fsp3) is 0.455. The summed E-state index contributed by atoms with van der Waals surface area (Å²) in [6.07, 6.45) is 0.873. The number of benzene rings is 1. The molecule has 0 bridgehead atoms. The molecule has 0 fully saturated rings. The van der Waals surface area contributed by atoms with E-state index in [2.05, 4.69) is 31.9 Å². The summed E-state index contributed by atoms with van der Waals surface area (Å²) in [5.74, 6) is -0.390. The lowest BCUT2D eigenvalue weighted by Crippen LogP contribution is -2.13. The highest BCUT2D eigenvalue weighted by atomic mass is 79.9. The summed E-state index contributed by atoms with van der Waals surface area (Å²) in [7, 11) is 0. The van der Waals surface area contributed by atoms with Gasteiger partial charge in [-0.15, -0.1) is 0 Å². The molecule has 0 amide bonds. The SMILES string of the molecule is CCC(CBr)COc1cc(F)c(Br)cc1[N+](=O)[O-]. The second kappa shape index (κ2) is 7.04. The maximum atomic E-state index is 13.4. The van der Waals surface area contributed by atoms with Crippen LogP contribution in [-0.2, 0) is 0 Å². The Morgan fingerprint density at radius 2 is 2.22 bits per heavy atom. The van der Waals surface area contributed by atoms with Gasteiger partial charge in [0.05, 0.1) is 16.0 Å². The van der Waals surface area contributed by atoms with Crippen molar-refractivity contribution in [1.82, 2.24) is 0 Å². The second-order valence-electron chi connectivity index (χ2n) is 3.73. The lowest BCUT2D eigenvalue weighted by molar-refractivity contribution is -0.386. The van der Waals surface area contributed by atoms with Crippen LogP contribution in [0.15, 0.2) is 16.6 Å². The normalized spacial score (nSPS) is 12.2. The van der Waals surface area contributed by atoms with Gasteiger partial charge in [-0.25, -0.2) is 4.39 Å². The Morgan fingerprint density at radius 3 is 2.72 bits per heavy atom. The summed E-state index contributed by atoms with van der Waals surface area (Å²) < 4.78 is 18.7. The summed E-state index contributed by atoms with van der Waals surface area (Å²) in [6, 6.07) is 2.14. The van der Waals surface area contributed by atoms with Gasteiger partial charge in [0.1, 0.15) is 5.82 Å². The van der Waals surface area contributed by atoms with E-state index in [0.29, 0.717) is 6.61 Å². The van der Waals surface area contributed by atoms with Crippen molar-refractivity contribution >= 4 is 37.5 Å². The van der Waals surface area contributed by atoms with Crippen LogP contribution in [0.1, 0.15) is 13.3 Å². The second-order valence-corrected chi connectivity index (χ2v) is 5.23. The zero-order valence-corrected chi connectivity index (χ0v) is 12.8. The maximum Gasteiger partial charge on any atom is 0.312 e. The van der Waals surface area contributed by atoms with Gasteiger partial charge in [0.2, 0.25) is 0 Å². The average molecular weight is 385 g/mol.